The Balaban J connectivity index is 1.43. The largest absolute Gasteiger partial charge is 0.497 e. The highest BCUT2D eigenvalue weighted by molar-refractivity contribution is 7.13. The van der Waals surface area contributed by atoms with Crippen LogP contribution >= 0.6 is 11.3 Å². The number of hydrogen-bond acceptors (Lipinski definition) is 5. The molecule has 1 amide bonds. The van der Waals surface area contributed by atoms with E-state index in [0.717, 1.165) is 29.4 Å². The predicted octanol–water partition coefficient (Wildman–Crippen LogP) is 4.39. The Hall–Kier alpha value is -2.70. The molecule has 0 bridgehead atoms. The Morgan fingerprint density at radius 1 is 1.14 bits per heavy atom. The minimum absolute atomic E-state index is 0.124. The van der Waals surface area contributed by atoms with Crippen LogP contribution in [0.3, 0.4) is 0 Å². The summed E-state index contributed by atoms with van der Waals surface area (Å²) in [6, 6.07) is 18.3. The molecule has 2 aromatic carbocycles. The molecule has 150 valence electrons. The van der Waals surface area contributed by atoms with Gasteiger partial charge in [0, 0.05) is 17.5 Å². The lowest BCUT2D eigenvalue weighted by Crippen LogP contribution is -2.36. The van der Waals surface area contributed by atoms with Crippen molar-refractivity contribution in [1.82, 2.24) is 15.2 Å². The summed E-state index contributed by atoms with van der Waals surface area (Å²) < 4.78 is 5.20. The van der Waals surface area contributed by atoms with Crippen molar-refractivity contribution in [3.8, 4) is 16.3 Å². The average molecular weight is 408 g/mol. The molecule has 0 aliphatic carbocycles. The molecule has 1 unspecified atom stereocenters. The second kappa shape index (κ2) is 9.20. The molecule has 1 aliphatic heterocycles. The van der Waals surface area contributed by atoms with Gasteiger partial charge in [-0.05, 0) is 55.8 Å². The molecule has 1 atom stereocenters. The molecule has 1 aliphatic rings. The van der Waals surface area contributed by atoms with E-state index < -0.39 is 0 Å². The summed E-state index contributed by atoms with van der Waals surface area (Å²) in [6.07, 6.45) is 2.43. The van der Waals surface area contributed by atoms with E-state index in [1.165, 1.54) is 29.7 Å². The second-order valence-corrected chi connectivity index (χ2v) is 8.00. The molecular weight excluding hydrogens is 382 g/mol. The minimum atomic E-state index is -0.124. The normalized spacial score (nSPS) is 15.2. The van der Waals surface area contributed by atoms with Crippen molar-refractivity contribution in [1.29, 1.82) is 0 Å². The third-order valence-corrected chi connectivity index (χ3v) is 6.19. The third kappa shape index (κ3) is 4.66. The number of benzene rings is 2. The molecule has 6 heteroatoms. The lowest BCUT2D eigenvalue weighted by atomic mass is 10.1. The van der Waals surface area contributed by atoms with Crippen molar-refractivity contribution in [2.45, 2.75) is 18.9 Å². The maximum atomic E-state index is 12.7. The van der Waals surface area contributed by atoms with E-state index in [-0.39, 0.29) is 11.9 Å². The SMILES string of the molecule is COc1ccc(-c2nc(C(=O)NCC(c3ccccc3)N3CCCC3)cs2)cc1. The van der Waals surface area contributed by atoms with Crippen LogP contribution in [0.2, 0.25) is 0 Å². The molecule has 4 rings (SSSR count). The number of hydrogen-bond donors (Lipinski definition) is 1. The van der Waals surface area contributed by atoms with Gasteiger partial charge in [0.25, 0.3) is 5.91 Å². The maximum absolute atomic E-state index is 12.7. The molecule has 3 aromatic rings. The van der Waals surface area contributed by atoms with E-state index in [2.05, 4.69) is 39.5 Å². The van der Waals surface area contributed by atoms with Gasteiger partial charge in [0.15, 0.2) is 0 Å². The molecule has 29 heavy (non-hydrogen) atoms. The van der Waals surface area contributed by atoms with Crippen molar-refractivity contribution >= 4 is 17.2 Å². The number of aromatic nitrogens is 1. The van der Waals surface area contributed by atoms with Gasteiger partial charge >= 0.3 is 0 Å². The van der Waals surface area contributed by atoms with Crippen LogP contribution in [0.25, 0.3) is 10.6 Å². The summed E-state index contributed by atoms with van der Waals surface area (Å²) in [5, 5.41) is 5.75. The van der Waals surface area contributed by atoms with Crippen LogP contribution in [-0.4, -0.2) is 42.5 Å². The highest BCUT2D eigenvalue weighted by Crippen LogP contribution is 2.27. The zero-order chi connectivity index (χ0) is 20.1. The second-order valence-electron chi connectivity index (χ2n) is 7.15. The standard InChI is InChI=1S/C23H25N3O2S/c1-28-19-11-9-18(10-12-19)23-25-20(16-29-23)22(27)24-15-21(26-13-5-6-14-26)17-7-3-2-4-8-17/h2-4,7-12,16,21H,5-6,13-15H2,1H3,(H,24,27). The van der Waals surface area contributed by atoms with E-state index in [1.54, 1.807) is 7.11 Å². The van der Waals surface area contributed by atoms with Crippen LogP contribution in [0.5, 0.6) is 5.75 Å². The Morgan fingerprint density at radius 2 is 1.86 bits per heavy atom. The number of methoxy groups -OCH3 is 1. The number of ether oxygens (including phenoxy) is 1. The molecule has 5 nitrogen and oxygen atoms in total. The lowest BCUT2D eigenvalue weighted by Gasteiger charge is -2.28. The number of nitrogens with zero attached hydrogens (tertiary/aromatic N) is 2. The van der Waals surface area contributed by atoms with Gasteiger partial charge in [0.2, 0.25) is 0 Å². The van der Waals surface area contributed by atoms with Gasteiger partial charge in [-0.1, -0.05) is 30.3 Å². The summed E-state index contributed by atoms with van der Waals surface area (Å²) in [5.41, 5.74) is 2.69. The van der Waals surface area contributed by atoms with Crippen molar-refractivity contribution in [2.75, 3.05) is 26.7 Å². The monoisotopic (exact) mass is 407 g/mol. The summed E-state index contributed by atoms with van der Waals surface area (Å²) >= 11 is 1.48. The summed E-state index contributed by atoms with van der Waals surface area (Å²) in [4.78, 5) is 19.7. The molecule has 1 N–H and O–H groups in total. The zero-order valence-corrected chi connectivity index (χ0v) is 17.3. The highest BCUT2D eigenvalue weighted by Gasteiger charge is 2.24. The lowest BCUT2D eigenvalue weighted by molar-refractivity contribution is 0.0933. The number of rotatable bonds is 7. The Kier molecular flexibility index (Phi) is 6.22. The first kappa shape index (κ1) is 19.6. The first-order valence-electron chi connectivity index (χ1n) is 9.92. The van der Waals surface area contributed by atoms with Crippen LogP contribution in [-0.2, 0) is 0 Å². The topological polar surface area (TPSA) is 54.5 Å². The molecule has 0 radical (unpaired) electrons. The summed E-state index contributed by atoms with van der Waals surface area (Å²) in [5.74, 6) is 0.679. The first-order valence-corrected chi connectivity index (χ1v) is 10.8. The van der Waals surface area contributed by atoms with Crippen LogP contribution in [0.4, 0.5) is 0 Å². The average Bonchev–Trinajstić information content (AvgIpc) is 3.47. The number of nitrogens with one attached hydrogen (secondary N) is 1. The molecule has 0 spiro atoms. The molecule has 2 heterocycles. The van der Waals surface area contributed by atoms with Gasteiger partial charge in [0.1, 0.15) is 16.5 Å². The maximum Gasteiger partial charge on any atom is 0.270 e. The Bertz CT molecular complexity index is 934. The van der Waals surface area contributed by atoms with E-state index >= 15 is 0 Å². The fourth-order valence-electron chi connectivity index (χ4n) is 3.71. The summed E-state index contributed by atoms with van der Waals surface area (Å²) in [7, 11) is 1.64. The van der Waals surface area contributed by atoms with Crippen LogP contribution in [0.1, 0.15) is 34.9 Å². The fraction of sp³-hybridized carbons (Fsp3) is 0.304. The van der Waals surface area contributed by atoms with Gasteiger partial charge in [-0.2, -0.15) is 0 Å². The summed E-state index contributed by atoms with van der Waals surface area (Å²) in [6.45, 7) is 2.74. The Labute approximate surface area is 175 Å². The zero-order valence-electron chi connectivity index (χ0n) is 16.5. The number of likely N-dealkylation sites (tertiary alicyclic amines) is 1. The molecule has 1 aromatic heterocycles. The van der Waals surface area contributed by atoms with Crippen LogP contribution in [0.15, 0.2) is 60.0 Å². The van der Waals surface area contributed by atoms with Crippen LogP contribution in [0, 0.1) is 0 Å². The van der Waals surface area contributed by atoms with E-state index in [4.69, 9.17) is 4.74 Å². The van der Waals surface area contributed by atoms with Gasteiger partial charge in [0.05, 0.1) is 13.2 Å². The number of amides is 1. The number of carbonyl (C=O) groups is 1. The molecule has 0 saturated carbocycles. The number of thiazole rings is 1. The molecule has 1 fully saturated rings. The van der Waals surface area contributed by atoms with E-state index in [9.17, 15) is 4.79 Å². The smallest absolute Gasteiger partial charge is 0.270 e. The first-order chi connectivity index (χ1) is 14.2. The predicted molar refractivity (Wildman–Crippen MR) is 116 cm³/mol. The molecular formula is C23H25N3O2S. The highest BCUT2D eigenvalue weighted by atomic mass is 32.1. The van der Waals surface area contributed by atoms with E-state index in [1.807, 2.05) is 35.7 Å². The minimum Gasteiger partial charge on any atom is -0.497 e. The van der Waals surface area contributed by atoms with Gasteiger partial charge in [-0.3, -0.25) is 9.69 Å². The van der Waals surface area contributed by atoms with Crippen molar-refractivity contribution in [3.05, 3.63) is 71.2 Å². The van der Waals surface area contributed by atoms with Crippen molar-refractivity contribution < 1.29 is 9.53 Å². The fourth-order valence-corrected chi connectivity index (χ4v) is 4.52. The molecule has 1 saturated heterocycles. The van der Waals surface area contributed by atoms with Gasteiger partial charge in [-0.15, -0.1) is 11.3 Å². The third-order valence-electron chi connectivity index (χ3n) is 5.30. The Morgan fingerprint density at radius 3 is 2.55 bits per heavy atom. The van der Waals surface area contributed by atoms with E-state index in [0.29, 0.717) is 12.2 Å². The van der Waals surface area contributed by atoms with Crippen molar-refractivity contribution in [3.63, 3.8) is 0 Å². The van der Waals surface area contributed by atoms with Crippen molar-refractivity contribution in [2.24, 2.45) is 0 Å². The van der Waals surface area contributed by atoms with Gasteiger partial charge in [-0.25, -0.2) is 4.98 Å². The van der Waals surface area contributed by atoms with Gasteiger partial charge < -0.3 is 10.1 Å². The van der Waals surface area contributed by atoms with Crippen LogP contribution < -0.4 is 10.1 Å². The number of carbonyl (C=O) groups excluding carboxylic acids is 1. The quantitative estimate of drug-likeness (QED) is 0.631.